The fraction of sp³-hybridized carbons (Fsp3) is 0.236. The van der Waals surface area contributed by atoms with Gasteiger partial charge in [0.05, 0.1) is 28.0 Å². The van der Waals surface area contributed by atoms with Gasteiger partial charge in [-0.05, 0) is 112 Å². The number of benzene rings is 6. The number of para-hydroxylation sites is 2. The van der Waals surface area contributed by atoms with E-state index in [1.165, 1.54) is 5.56 Å². The fourth-order valence-corrected chi connectivity index (χ4v) is 8.99. The van der Waals surface area contributed by atoms with Crippen LogP contribution in [0.15, 0.2) is 146 Å². The third-order valence-corrected chi connectivity index (χ3v) is 12.5. The van der Waals surface area contributed by atoms with E-state index in [1.54, 1.807) is 12.1 Å². The van der Waals surface area contributed by atoms with Crippen LogP contribution in [0.25, 0.3) is 72.7 Å². The highest BCUT2D eigenvalue weighted by Crippen LogP contribution is 2.52. The lowest BCUT2D eigenvalue weighted by molar-refractivity contribution is 0.318. The van der Waals surface area contributed by atoms with Crippen molar-refractivity contribution >= 4 is 11.0 Å². The second-order valence-corrected chi connectivity index (χ2v) is 18.5. The molecule has 0 radical (unpaired) electrons. The van der Waals surface area contributed by atoms with Crippen LogP contribution in [0.5, 0.6) is 5.75 Å². The Bertz CT molecular complexity index is 2990. The van der Waals surface area contributed by atoms with E-state index in [9.17, 15) is 5.11 Å². The Morgan fingerprint density at radius 2 is 1.34 bits per heavy atom. The first-order valence-electron chi connectivity index (χ1n) is 22.2. The molecule has 4 nitrogen and oxygen atoms in total. The van der Waals surface area contributed by atoms with Crippen LogP contribution in [0, 0.1) is 6.85 Å². The van der Waals surface area contributed by atoms with Crippen LogP contribution in [-0.2, 0) is 16.2 Å². The summed E-state index contributed by atoms with van der Waals surface area (Å²) >= 11 is 0. The minimum atomic E-state index is -2.16. The zero-order valence-electron chi connectivity index (χ0n) is 38.1. The van der Waals surface area contributed by atoms with Gasteiger partial charge in [-0.3, -0.25) is 9.55 Å². The Morgan fingerprint density at radius 3 is 2.10 bits per heavy atom. The normalized spacial score (nSPS) is 15.6. The average Bonchev–Trinajstić information content (AvgIpc) is 3.64. The Labute approximate surface area is 353 Å². The molecule has 1 aliphatic rings. The predicted octanol–water partition coefficient (Wildman–Crippen LogP) is 14.4. The highest BCUT2D eigenvalue weighted by Gasteiger charge is 2.40. The number of aromatic nitrogens is 3. The monoisotopic (exact) mass is 774 g/mol. The largest absolute Gasteiger partial charge is 0.507 e. The molecule has 2 heterocycles. The van der Waals surface area contributed by atoms with Crippen molar-refractivity contribution in [1.82, 2.24) is 14.5 Å². The number of aryl methyl sites for hydroxylation is 1. The molecule has 2 aromatic heterocycles. The van der Waals surface area contributed by atoms with Crippen LogP contribution in [0.4, 0.5) is 0 Å². The second kappa shape index (κ2) is 14.2. The minimum absolute atomic E-state index is 0.0669. The zero-order chi connectivity index (χ0) is 43.8. The van der Waals surface area contributed by atoms with Crippen molar-refractivity contribution in [3.05, 3.63) is 168 Å². The molecular weight excluding hydrogens is 719 g/mol. The predicted molar refractivity (Wildman–Crippen MR) is 246 cm³/mol. The summed E-state index contributed by atoms with van der Waals surface area (Å²) in [6, 6.07) is 47.4. The maximum Gasteiger partial charge on any atom is 0.149 e. The SMILES string of the molecule is [2H]C([2H])([2H])c1ccc(-c2ccnc(-c3cc(-c4cccc5c4nc(-c4ccc6c(c4O)C(C)(C)CCC6(C)C)n5-c4ccccc4-c4ccccc4)cc(C(C)(C)C)c3)c2)cc1. The molecule has 8 aromatic rings. The first-order chi connectivity index (χ1) is 29.4. The van der Waals surface area contributed by atoms with Crippen LogP contribution < -0.4 is 0 Å². The first kappa shape index (κ1) is 34.8. The van der Waals surface area contributed by atoms with E-state index in [0.717, 1.165) is 85.3 Å². The highest BCUT2D eigenvalue weighted by molar-refractivity contribution is 5.98. The van der Waals surface area contributed by atoms with Gasteiger partial charge in [-0.1, -0.05) is 151 Å². The molecule has 0 bridgehead atoms. The van der Waals surface area contributed by atoms with Gasteiger partial charge >= 0.3 is 0 Å². The van der Waals surface area contributed by atoms with Crippen molar-refractivity contribution in [2.24, 2.45) is 0 Å². The summed E-state index contributed by atoms with van der Waals surface area (Å²) < 4.78 is 25.7. The molecule has 0 atom stereocenters. The quantitative estimate of drug-likeness (QED) is 0.183. The highest BCUT2D eigenvalue weighted by atomic mass is 16.3. The number of imidazole rings is 1. The molecule has 1 aliphatic carbocycles. The van der Waals surface area contributed by atoms with Gasteiger partial charge in [-0.2, -0.15) is 0 Å². The number of phenols is 1. The topological polar surface area (TPSA) is 50.9 Å². The third-order valence-electron chi connectivity index (χ3n) is 12.5. The lowest BCUT2D eigenvalue weighted by atomic mass is 9.62. The summed E-state index contributed by atoms with van der Waals surface area (Å²) in [5.41, 5.74) is 14.4. The van der Waals surface area contributed by atoms with Crippen LogP contribution in [0.1, 0.15) is 87.7 Å². The van der Waals surface area contributed by atoms with Gasteiger partial charge in [0.25, 0.3) is 0 Å². The van der Waals surface area contributed by atoms with Crippen LogP contribution in [0.2, 0.25) is 0 Å². The van der Waals surface area contributed by atoms with E-state index in [0.29, 0.717) is 22.7 Å². The lowest BCUT2D eigenvalue weighted by Crippen LogP contribution is -2.34. The zero-order valence-corrected chi connectivity index (χ0v) is 35.1. The molecule has 0 saturated heterocycles. The summed E-state index contributed by atoms with van der Waals surface area (Å²) in [5.74, 6) is 0.980. The van der Waals surface area contributed by atoms with Gasteiger partial charge in [0, 0.05) is 32.6 Å². The number of fused-ring (bicyclic) bond motifs is 2. The van der Waals surface area contributed by atoms with Crippen LogP contribution >= 0.6 is 0 Å². The molecule has 0 saturated carbocycles. The molecule has 0 unspecified atom stereocenters. The number of nitrogens with zero attached hydrogens (tertiary/aromatic N) is 3. The Balaban J connectivity index is 1.28. The molecule has 4 heteroatoms. The fourth-order valence-electron chi connectivity index (χ4n) is 8.99. The van der Waals surface area contributed by atoms with Gasteiger partial charge in [-0.25, -0.2) is 4.98 Å². The molecule has 294 valence electrons. The van der Waals surface area contributed by atoms with Gasteiger partial charge < -0.3 is 5.11 Å². The smallest absolute Gasteiger partial charge is 0.149 e. The number of phenolic OH excluding ortho intramolecular Hbond substituents is 1. The number of pyridine rings is 1. The van der Waals surface area contributed by atoms with Crippen molar-refractivity contribution in [2.45, 2.75) is 84.4 Å². The van der Waals surface area contributed by atoms with E-state index in [1.807, 2.05) is 30.5 Å². The number of rotatable bonds is 6. The number of aromatic hydroxyl groups is 1. The summed E-state index contributed by atoms with van der Waals surface area (Å²) in [6.07, 6.45) is 3.84. The third kappa shape index (κ3) is 6.85. The van der Waals surface area contributed by atoms with E-state index in [2.05, 4.69) is 156 Å². The lowest BCUT2D eigenvalue weighted by Gasteiger charge is -2.42. The maximum atomic E-state index is 12.6. The van der Waals surface area contributed by atoms with Crippen molar-refractivity contribution in [2.75, 3.05) is 0 Å². The molecular formula is C55H53N3O. The molecule has 0 spiro atoms. The van der Waals surface area contributed by atoms with Gasteiger partial charge in [-0.15, -0.1) is 0 Å². The van der Waals surface area contributed by atoms with Gasteiger partial charge in [0.15, 0.2) is 0 Å². The minimum Gasteiger partial charge on any atom is -0.507 e. The summed E-state index contributed by atoms with van der Waals surface area (Å²) in [5, 5.41) is 12.6. The van der Waals surface area contributed by atoms with Crippen molar-refractivity contribution < 1.29 is 9.22 Å². The Hall–Kier alpha value is -6.26. The maximum absolute atomic E-state index is 12.6. The Kier molecular flexibility index (Phi) is 8.38. The molecule has 0 fully saturated rings. The van der Waals surface area contributed by atoms with Crippen molar-refractivity contribution in [1.29, 1.82) is 0 Å². The van der Waals surface area contributed by atoms with Crippen LogP contribution in [-0.4, -0.2) is 19.6 Å². The van der Waals surface area contributed by atoms with Crippen molar-refractivity contribution in [3.63, 3.8) is 0 Å². The molecule has 1 N–H and O–H groups in total. The summed E-state index contributed by atoms with van der Waals surface area (Å²) in [6.45, 7) is 13.6. The summed E-state index contributed by atoms with van der Waals surface area (Å²) in [7, 11) is 0. The van der Waals surface area contributed by atoms with Gasteiger partial charge in [0.1, 0.15) is 11.6 Å². The van der Waals surface area contributed by atoms with E-state index >= 15 is 0 Å². The van der Waals surface area contributed by atoms with Gasteiger partial charge in [0.2, 0.25) is 0 Å². The van der Waals surface area contributed by atoms with Crippen molar-refractivity contribution in [3.8, 4) is 67.5 Å². The number of hydrogen-bond donors (Lipinski definition) is 1. The number of hydrogen-bond acceptors (Lipinski definition) is 3. The van der Waals surface area contributed by atoms with E-state index < -0.39 is 6.85 Å². The first-order valence-corrected chi connectivity index (χ1v) is 20.7. The molecule has 0 amide bonds. The second-order valence-electron chi connectivity index (χ2n) is 18.5. The van der Waals surface area contributed by atoms with E-state index in [4.69, 9.17) is 14.1 Å². The molecule has 59 heavy (non-hydrogen) atoms. The van der Waals surface area contributed by atoms with E-state index in [-0.39, 0.29) is 16.2 Å². The molecule has 0 aliphatic heterocycles. The standard InChI is InChI=1S/C55H53N3O/c1-35-21-23-36(24-22-35)38-27-30-56-46(34-38)40-31-39(32-41(33-40)53(2,3)4)43-18-14-20-48-50(43)57-52(58(48)47-19-13-12-17-42(47)37-15-10-9-11-16-37)44-25-26-45-49(51(44)59)55(7,8)29-28-54(45,5)6/h9-27,30-34,59H,28-29H2,1-8H3/i1D3. The molecule has 9 rings (SSSR count). The summed E-state index contributed by atoms with van der Waals surface area (Å²) in [4.78, 5) is 10.5. The average molecular weight is 775 g/mol. The Morgan fingerprint density at radius 1 is 0.627 bits per heavy atom. The van der Waals surface area contributed by atoms with Crippen LogP contribution in [0.3, 0.4) is 0 Å². The molecule has 6 aromatic carbocycles.